The number of carbonyl (C=O) groups excluding carboxylic acids is 2. The van der Waals surface area contributed by atoms with E-state index in [0.717, 1.165) is 5.56 Å². The van der Waals surface area contributed by atoms with Crippen LogP contribution < -0.4 is 9.64 Å². The van der Waals surface area contributed by atoms with E-state index in [2.05, 4.69) is 5.10 Å². The van der Waals surface area contributed by atoms with Gasteiger partial charge in [0.2, 0.25) is 11.8 Å². The number of benzene rings is 1. The Morgan fingerprint density at radius 3 is 2.92 bits per heavy atom. The lowest BCUT2D eigenvalue weighted by Crippen LogP contribution is -2.41. The summed E-state index contributed by atoms with van der Waals surface area (Å²) in [5.74, 6) is 0.387. The van der Waals surface area contributed by atoms with E-state index in [0.29, 0.717) is 24.6 Å². The number of para-hydroxylation sites is 2. The van der Waals surface area contributed by atoms with Gasteiger partial charge in [0, 0.05) is 32.4 Å². The molecule has 0 unspecified atom stereocenters. The Hall–Kier alpha value is -2.83. The van der Waals surface area contributed by atoms with E-state index in [-0.39, 0.29) is 24.8 Å². The summed E-state index contributed by atoms with van der Waals surface area (Å²) in [5, 5.41) is 4.10. The number of carbonyl (C=O) groups is 2. The lowest BCUT2D eigenvalue weighted by atomic mass is 10.2. The Balaban J connectivity index is 1.73. The van der Waals surface area contributed by atoms with Crippen LogP contribution in [0, 0.1) is 0 Å². The molecule has 2 amide bonds. The first-order valence-corrected chi connectivity index (χ1v) is 7.78. The van der Waals surface area contributed by atoms with Crippen molar-refractivity contribution in [3.05, 3.63) is 42.2 Å². The molecule has 24 heavy (non-hydrogen) atoms. The SMILES string of the molecule is CN(Cc1cnn(C)c1)C(=O)CN1C(=O)CCOc2ccccc21. The number of rotatable bonds is 4. The minimum absolute atomic E-state index is 0.00400. The van der Waals surface area contributed by atoms with Crippen molar-refractivity contribution < 1.29 is 14.3 Å². The summed E-state index contributed by atoms with van der Waals surface area (Å²) in [4.78, 5) is 28.0. The van der Waals surface area contributed by atoms with Crippen LogP contribution in [0.25, 0.3) is 0 Å². The second-order valence-electron chi connectivity index (χ2n) is 5.82. The van der Waals surface area contributed by atoms with Gasteiger partial charge in [0.05, 0.1) is 24.9 Å². The smallest absolute Gasteiger partial charge is 0.242 e. The maximum Gasteiger partial charge on any atom is 0.242 e. The number of hydrogen-bond acceptors (Lipinski definition) is 4. The van der Waals surface area contributed by atoms with Gasteiger partial charge in [-0.05, 0) is 12.1 Å². The van der Waals surface area contributed by atoms with Crippen LogP contribution >= 0.6 is 0 Å². The third-order valence-electron chi connectivity index (χ3n) is 3.93. The van der Waals surface area contributed by atoms with Crippen LogP contribution in [-0.2, 0) is 23.2 Å². The molecule has 0 saturated heterocycles. The highest BCUT2D eigenvalue weighted by molar-refractivity contribution is 6.00. The Labute approximate surface area is 140 Å². The van der Waals surface area contributed by atoms with Crippen LogP contribution in [0.2, 0.25) is 0 Å². The molecule has 0 N–H and O–H groups in total. The average Bonchev–Trinajstić information content (AvgIpc) is 2.90. The first-order valence-electron chi connectivity index (χ1n) is 7.78. The quantitative estimate of drug-likeness (QED) is 0.846. The number of aryl methyl sites for hydroxylation is 1. The van der Waals surface area contributed by atoms with Gasteiger partial charge in [-0.25, -0.2) is 0 Å². The third kappa shape index (κ3) is 3.40. The number of likely N-dealkylation sites (N-methyl/N-ethyl adjacent to an activating group) is 1. The van der Waals surface area contributed by atoms with Crippen molar-refractivity contribution >= 4 is 17.5 Å². The van der Waals surface area contributed by atoms with Gasteiger partial charge in [0.1, 0.15) is 12.3 Å². The van der Waals surface area contributed by atoms with Gasteiger partial charge in [-0.2, -0.15) is 5.10 Å². The molecule has 0 spiro atoms. The van der Waals surface area contributed by atoms with Crippen molar-refractivity contribution in [1.82, 2.24) is 14.7 Å². The largest absolute Gasteiger partial charge is 0.491 e. The lowest BCUT2D eigenvalue weighted by Gasteiger charge is -2.24. The van der Waals surface area contributed by atoms with Gasteiger partial charge in [-0.1, -0.05) is 12.1 Å². The summed E-state index contributed by atoms with van der Waals surface area (Å²) in [7, 11) is 3.55. The van der Waals surface area contributed by atoms with Crippen molar-refractivity contribution in [2.45, 2.75) is 13.0 Å². The highest BCUT2D eigenvalue weighted by Crippen LogP contribution is 2.30. The fourth-order valence-electron chi connectivity index (χ4n) is 2.66. The molecule has 0 saturated carbocycles. The fourth-order valence-corrected chi connectivity index (χ4v) is 2.66. The summed E-state index contributed by atoms with van der Waals surface area (Å²) in [5.41, 5.74) is 1.59. The van der Waals surface area contributed by atoms with E-state index in [1.807, 2.05) is 31.4 Å². The lowest BCUT2D eigenvalue weighted by molar-refractivity contribution is -0.130. The molecule has 0 radical (unpaired) electrons. The molecule has 1 aromatic carbocycles. The summed E-state index contributed by atoms with van der Waals surface area (Å²) >= 11 is 0. The maximum absolute atomic E-state index is 12.6. The normalized spacial score (nSPS) is 13.9. The number of fused-ring (bicyclic) bond motifs is 1. The summed E-state index contributed by atoms with van der Waals surface area (Å²) in [6.45, 7) is 0.773. The highest BCUT2D eigenvalue weighted by atomic mass is 16.5. The Kier molecular flexibility index (Phi) is 4.50. The Bertz CT molecular complexity index is 756. The van der Waals surface area contributed by atoms with Crippen LogP contribution in [-0.4, -0.2) is 46.7 Å². The molecule has 7 nitrogen and oxygen atoms in total. The fraction of sp³-hybridized carbons (Fsp3) is 0.353. The van der Waals surface area contributed by atoms with Gasteiger partial charge >= 0.3 is 0 Å². The molecule has 1 aliphatic heterocycles. The van der Waals surface area contributed by atoms with Crippen LogP contribution in [0.1, 0.15) is 12.0 Å². The predicted molar refractivity (Wildman–Crippen MR) is 88.6 cm³/mol. The molecule has 0 atom stereocenters. The Morgan fingerprint density at radius 2 is 2.17 bits per heavy atom. The summed E-state index contributed by atoms with van der Waals surface area (Å²) < 4.78 is 7.29. The molecule has 1 aliphatic rings. The van der Waals surface area contributed by atoms with Crippen molar-refractivity contribution in [2.24, 2.45) is 7.05 Å². The van der Waals surface area contributed by atoms with Crippen LogP contribution in [0.5, 0.6) is 5.75 Å². The number of hydrogen-bond donors (Lipinski definition) is 0. The molecule has 0 fully saturated rings. The van der Waals surface area contributed by atoms with E-state index in [1.165, 1.54) is 4.90 Å². The monoisotopic (exact) mass is 328 g/mol. The minimum Gasteiger partial charge on any atom is -0.491 e. The molecule has 2 aromatic rings. The molecule has 3 rings (SSSR count). The molecule has 0 aliphatic carbocycles. The zero-order chi connectivity index (χ0) is 17.1. The molecule has 1 aromatic heterocycles. The zero-order valence-electron chi connectivity index (χ0n) is 13.8. The van der Waals surface area contributed by atoms with Gasteiger partial charge in [-0.3, -0.25) is 19.2 Å². The highest BCUT2D eigenvalue weighted by Gasteiger charge is 2.26. The first-order chi connectivity index (χ1) is 11.5. The number of ether oxygens (including phenoxy) is 1. The summed E-state index contributed by atoms with van der Waals surface area (Å²) in [6, 6.07) is 7.29. The summed E-state index contributed by atoms with van der Waals surface area (Å²) in [6.07, 6.45) is 3.85. The number of aromatic nitrogens is 2. The van der Waals surface area contributed by atoms with Crippen molar-refractivity contribution in [1.29, 1.82) is 0 Å². The van der Waals surface area contributed by atoms with Crippen molar-refractivity contribution in [3.8, 4) is 5.75 Å². The molecule has 126 valence electrons. The van der Waals surface area contributed by atoms with Gasteiger partial charge in [0.25, 0.3) is 0 Å². The number of amides is 2. The number of nitrogens with zero attached hydrogens (tertiary/aromatic N) is 4. The van der Waals surface area contributed by atoms with Crippen LogP contribution in [0.15, 0.2) is 36.7 Å². The van der Waals surface area contributed by atoms with Crippen molar-refractivity contribution in [3.63, 3.8) is 0 Å². The van der Waals surface area contributed by atoms with E-state index in [4.69, 9.17) is 4.74 Å². The first kappa shape index (κ1) is 16.0. The molecule has 0 bridgehead atoms. The predicted octanol–water partition coefficient (Wildman–Crippen LogP) is 1.19. The zero-order valence-corrected chi connectivity index (χ0v) is 13.8. The van der Waals surface area contributed by atoms with Crippen LogP contribution in [0.3, 0.4) is 0 Å². The van der Waals surface area contributed by atoms with E-state index >= 15 is 0 Å². The maximum atomic E-state index is 12.6. The Morgan fingerprint density at radius 1 is 1.38 bits per heavy atom. The topological polar surface area (TPSA) is 67.7 Å². The molecular formula is C17H20N4O3. The van der Waals surface area contributed by atoms with E-state index in [1.54, 1.807) is 28.9 Å². The average molecular weight is 328 g/mol. The second-order valence-corrected chi connectivity index (χ2v) is 5.82. The van der Waals surface area contributed by atoms with Gasteiger partial charge in [-0.15, -0.1) is 0 Å². The standard InChI is InChI=1S/C17H20N4O3/c1-19(10-13-9-18-20(2)11-13)17(23)12-21-14-5-3-4-6-15(14)24-8-7-16(21)22/h3-6,9,11H,7-8,10,12H2,1-2H3. The molecule has 7 heteroatoms. The van der Waals surface area contributed by atoms with Gasteiger partial charge in [0.15, 0.2) is 0 Å². The number of anilines is 1. The van der Waals surface area contributed by atoms with Crippen LogP contribution in [0.4, 0.5) is 5.69 Å². The minimum atomic E-state index is -0.135. The molecule has 2 heterocycles. The van der Waals surface area contributed by atoms with E-state index < -0.39 is 0 Å². The molecular weight excluding hydrogens is 308 g/mol. The van der Waals surface area contributed by atoms with Crippen molar-refractivity contribution in [2.75, 3.05) is 25.1 Å². The van der Waals surface area contributed by atoms with Gasteiger partial charge < -0.3 is 9.64 Å². The van der Waals surface area contributed by atoms with E-state index in [9.17, 15) is 9.59 Å². The third-order valence-corrected chi connectivity index (χ3v) is 3.93. The second kappa shape index (κ2) is 6.74.